The Morgan fingerprint density at radius 3 is 2.44 bits per heavy atom. The molecule has 0 amide bonds. The summed E-state index contributed by atoms with van der Waals surface area (Å²) >= 11 is 0. The first-order valence-corrected chi connectivity index (χ1v) is 7.59. The summed E-state index contributed by atoms with van der Waals surface area (Å²) in [5.74, 6) is 2.95. The normalized spacial score (nSPS) is 30.7. The van der Waals surface area contributed by atoms with Crippen LogP contribution < -0.4 is 0 Å². The maximum absolute atomic E-state index is 2.65. The SMILES string of the molecule is CC.CC1CCC2CN(Cc3ccccc3)CC12. The Kier molecular flexibility index (Phi) is 4.82. The molecule has 3 rings (SSSR count). The van der Waals surface area contributed by atoms with E-state index < -0.39 is 0 Å². The number of likely N-dealkylation sites (tertiary alicyclic amines) is 1. The van der Waals surface area contributed by atoms with Gasteiger partial charge in [-0.2, -0.15) is 0 Å². The van der Waals surface area contributed by atoms with E-state index in [1.54, 1.807) is 0 Å². The summed E-state index contributed by atoms with van der Waals surface area (Å²) < 4.78 is 0. The number of hydrogen-bond acceptors (Lipinski definition) is 1. The van der Waals surface area contributed by atoms with Crippen molar-refractivity contribution >= 4 is 0 Å². The van der Waals surface area contributed by atoms with E-state index in [9.17, 15) is 0 Å². The van der Waals surface area contributed by atoms with Crippen molar-refractivity contribution in [3.05, 3.63) is 35.9 Å². The monoisotopic (exact) mass is 245 g/mol. The summed E-state index contributed by atoms with van der Waals surface area (Å²) in [7, 11) is 0. The minimum absolute atomic E-state index is 0.964. The third-order valence-corrected chi connectivity index (χ3v) is 4.54. The summed E-state index contributed by atoms with van der Waals surface area (Å²) in [6.07, 6.45) is 2.94. The molecule has 2 fully saturated rings. The van der Waals surface area contributed by atoms with E-state index in [-0.39, 0.29) is 0 Å². The van der Waals surface area contributed by atoms with Gasteiger partial charge in [0, 0.05) is 19.6 Å². The third-order valence-electron chi connectivity index (χ3n) is 4.54. The average Bonchev–Trinajstić information content (AvgIpc) is 2.96. The molecule has 0 spiro atoms. The number of fused-ring (bicyclic) bond motifs is 1. The van der Waals surface area contributed by atoms with Gasteiger partial charge in [-0.1, -0.05) is 57.5 Å². The van der Waals surface area contributed by atoms with Crippen molar-refractivity contribution in [2.24, 2.45) is 17.8 Å². The Hall–Kier alpha value is -0.820. The van der Waals surface area contributed by atoms with E-state index in [2.05, 4.69) is 42.2 Å². The first-order valence-electron chi connectivity index (χ1n) is 7.59. The van der Waals surface area contributed by atoms with E-state index in [1.807, 2.05) is 13.8 Å². The largest absolute Gasteiger partial charge is 0.299 e. The van der Waals surface area contributed by atoms with Gasteiger partial charge in [-0.05, 0) is 29.7 Å². The predicted molar refractivity (Wildman–Crippen MR) is 78.4 cm³/mol. The Balaban J connectivity index is 0.000000574. The summed E-state index contributed by atoms with van der Waals surface area (Å²) in [4.78, 5) is 2.65. The van der Waals surface area contributed by atoms with Crippen molar-refractivity contribution in [3.8, 4) is 0 Å². The maximum Gasteiger partial charge on any atom is 0.0233 e. The van der Waals surface area contributed by atoms with Gasteiger partial charge in [0.25, 0.3) is 0 Å². The van der Waals surface area contributed by atoms with Crippen LogP contribution in [0.4, 0.5) is 0 Å². The minimum Gasteiger partial charge on any atom is -0.299 e. The summed E-state index contributed by atoms with van der Waals surface area (Å²) in [5.41, 5.74) is 1.47. The van der Waals surface area contributed by atoms with Gasteiger partial charge in [-0.3, -0.25) is 4.90 Å². The van der Waals surface area contributed by atoms with E-state index in [4.69, 9.17) is 0 Å². The topological polar surface area (TPSA) is 3.24 Å². The molecule has 100 valence electrons. The van der Waals surface area contributed by atoms with Gasteiger partial charge in [0.15, 0.2) is 0 Å². The van der Waals surface area contributed by atoms with Crippen LogP contribution in [-0.2, 0) is 6.54 Å². The minimum atomic E-state index is 0.964. The first-order chi connectivity index (χ1) is 8.83. The van der Waals surface area contributed by atoms with E-state index in [1.165, 1.54) is 31.5 Å². The second-order valence-electron chi connectivity index (χ2n) is 5.66. The molecule has 1 saturated heterocycles. The Labute approximate surface area is 112 Å². The van der Waals surface area contributed by atoms with Gasteiger partial charge in [0.05, 0.1) is 0 Å². The zero-order valence-corrected chi connectivity index (χ0v) is 12.1. The van der Waals surface area contributed by atoms with Crippen molar-refractivity contribution in [2.45, 2.75) is 40.2 Å². The van der Waals surface area contributed by atoms with Crippen molar-refractivity contribution < 1.29 is 0 Å². The molecule has 3 atom stereocenters. The number of hydrogen-bond donors (Lipinski definition) is 0. The molecular weight excluding hydrogens is 218 g/mol. The van der Waals surface area contributed by atoms with Crippen LogP contribution in [0.5, 0.6) is 0 Å². The zero-order chi connectivity index (χ0) is 13.0. The molecule has 3 unspecified atom stereocenters. The lowest BCUT2D eigenvalue weighted by atomic mass is 9.94. The number of rotatable bonds is 2. The van der Waals surface area contributed by atoms with Crippen molar-refractivity contribution in [2.75, 3.05) is 13.1 Å². The second-order valence-corrected chi connectivity index (χ2v) is 5.66. The lowest BCUT2D eigenvalue weighted by Crippen LogP contribution is -2.22. The van der Waals surface area contributed by atoms with E-state index in [0.717, 1.165) is 24.3 Å². The van der Waals surface area contributed by atoms with Gasteiger partial charge < -0.3 is 0 Å². The molecule has 1 aromatic rings. The quantitative estimate of drug-likeness (QED) is 0.755. The van der Waals surface area contributed by atoms with Gasteiger partial charge >= 0.3 is 0 Å². The second kappa shape index (κ2) is 6.38. The van der Waals surface area contributed by atoms with Crippen LogP contribution in [0, 0.1) is 17.8 Å². The summed E-state index contributed by atoms with van der Waals surface area (Å²) in [6, 6.07) is 10.9. The van der Waals surface area contributed by atoms with Crippen LogP contribution in [0.3, 0.4) is 0 Å². The standard InChI is InChI=1S/C15H21N.C2H6/c1-12-7-8-14-10-16(11-15(12)14)9-13-5-3-2-4-6-13;1-2/h2-6,12,14-15H,7-11H2,1H3;1-2H3. The summed E-state index contributed by atoms with van der Waals surface area (Å²) in [5, 5.41) is 0. The van der Waals surface area contributed by atoms with Crippen molar-refractivity contribution in [1.29, 1.82) is 0 Å². The fraction of sp³-hybridized carbons (Fsp3) is 0.647. The predicted octanol–water partition coefficient (Wildman–Crippen LogP) is 4.19. The van der Waals surface area contributed by atoms with Gasteiger partial charge in [-0.15, -0.1) is 0 Å². The first kappa shape index (κ1) is 13.6. The molecule has 0 N–H and O–H groups in total. The molecule has 1 nitrogen and oxygen atoms in total. The highest BCUT2D eigenvalue weighted by atomic mass is 15.2. The van der Waals surface area contributed by atoms with Crippen molar-refractivity contribution in [3.63, 3.8) is 0 Å². The molecule has 1 saturated carbocycles. The van der Waals surface area contributed by atoms with Crippen LogP contribution in [0.15, 0.2) is 30.3 Å². The average molecular weight is 245 g/mol. The molecule has 0 aromatic heterocycles. The molecule has 0 bridgehead atoms. The van der Waals surface area contributed by atoms with Gasteiger partial charge in [0.2, 0.25) is 0 Å². The maximum atomic E-state index is 2.65. The molecule has 1 heterocycles. The van der Waals surface area contributed by atoms with Crippen LogP contribution in [0.2, 0.25) is 0 Å². The van der Waals surface area contributed by atoms with Crippen LogP contribution in [0.25, 0.3) is 0 Å². The molecule has 1 aromatic carbocycles. The molecule has 2 aliphatic rings. The molecule has 1 aliphatic heterocycles. The highest BCUT2D eigenvalue weighted by molar-refractivity contribution is 5.14. The third kappa shape index (κ3) is 2.95. The zero-order valence-electron chi connectivity index (χ0n) is 12.1. The lowest BCUT2D eigenvalue weighted by molar-refractivity contribution is 0.288. The van der Waals surface area contributed by atoms with Gasteiger partial charge in [-0.25, -0.2) is 0 Å². The fourth-order valence-electron chi connectivity index (χ4n) is 3.60. The molecule has 0 radical (unpaired) electrons. The number of nitrogens with zero attached hydrogens (tertiary/aromatic N) is 1. The molecule has 1 heteroatoms. The van der Waals surface area contributed by atoms with Crippen LogP contribution in [-0.4, -0.2) is 18.0 Å². The van der Waals surface area contributed by atoms with Crippen molar-refractivity contribution in [1.82, 2.24) is 4.90 Å². The highest BCUT2D eigenvalue weighted by Crippen LogP contribution is 2.42. The number of benzene rings is 1. The van der Waals surface area contributed by atoms with E-state index in [0.29, 0.717) is 0 Å². The molecule has 1 aliphatic carbocycles. The Morgan fingerprint density at radius 1 is 1.06 bits per heavy atom. The fourth-order valence-corrected chi connectivity index (χ4v) is 3.60. The molecular formula is C17H27N. The van der Waals surface area contributed by atoms with Crippen LogP contribution >= 0.6 is 0 Å². The van der Waals surface area contributed by atoms with Crippen LogP contribution in [0.1, 0.15) is 39.2 Å². The Bertz CT molecular complexity index is 346. The smallest absolute Gasteiger partial charge is 0.0233 e. The summed E-state index contributed by atoms with van der Waals surface area (Å²) in [6.45, 7) is 10.3. The highest BCUT2D eigenvalue weighted by Gasteiger charge is 2.40. The molecule has 18 heavy (non-hydrogen) atoms. The lowest BCUT2D eigenvalue weighted by Gasteiger charge is -2.18. The Morgan fingerprint density at radius 2 is 1.78 bits per heavy atom. The van der Waals surface area contributed by atoms with Gasteiger partial charge in [0.1, 0.15) is 0 Å². The van der Waals surface area contributed by atoms with E-state index >= 15 is 0 Å².